The summed E-state index contributed by atoms with van der Waals surface area (Å²) in [6, 6.07) is 5.15. The normalized spacial score (nSPS) is 27.6. The molecule has 3 amide bonds. The number of allylic oxidation sites excluding steroid dienone is 2. The van der Waals surface area contributed by atoms with E-state index in [-0.39, 0.29) is 47.8 Å². The van der Waals surface area contributed by atoms with Gasteiger partial charge in [-0.25, -0.2) is 9.37 Å². The average molecular weight is 408 g/mol. The molecule has 8 heteroatoms. The highest BCUT2D eigenvalue weighted by Gasteiger charge is 2.59. The Morgan fingerprint density at radius 3 is 2.37 bits per heavy atom. The molecular weight excluding hydrogens is 387 g/mol. The molecule has 5 unspecified atom stereocenters. The molecule has 1 aromatic carbocycles. The van der Waals surface area contributed by atoms with Gasteiger partial charge < -0.3 is 9.88 Å². The van der Waals surface area contributed by atoms with Crippen molar-refractivity contribution >= 4 is 17.7 Å². The fourth-order valence-electron chi connectivity index (χ4n) is 5.08. The first kappa shape index (κ1) is 18.7. The molecule has 3 aliphatic rings. The van der Waals surface area contributed by atoms with Crippen LogP contribution in [0.4, 0.5) is 4.39 Å². The summed E-state index contributed by atoms with van der Waals surface area (Å²) >= 11 is 0. The topological polar surface area (TPSA) is 84.3 Å². The van der Waals surface area contributed by atoms with E-state index >= 15 is 0 Å². The van der Waals surface area contributed by atoms with Crippen LogP contribution in [0.25, 0.3) is 0 Å². The van der Waals surface area contributed by atoms with Crippen molar-refractivity contribution in [1.82, 2.24) is 19.8 Å². The van der Waals surface area contributed by atoms with E-state index in [9.17, 15) is 18.8 Å². The molecule has 1 saturated heterocycles. The van der Waals surface area contributed by atoms with Crippen LogP contribution in [0.5, 0.6) is 0 Å². The van der Waals surface area contributed by atoms with E-state index in [1.165, 1.54) is 12.1 Å². The zero-order valence-corrected chi connectivity index (χ0v) is 16.4. The fraction of sp³-hybridized carbons (Fsp3) is 0.364. The van der Waals surface area contributed by atoms with E-state index in [0.717, 1.165) is 11.3 Å². The highest BCUT2D eigenvalue weighted by atomic mass is 19.1. The monoisotopic (exact) mass is 408 g/mol. The van der Waals surface area contributed by atoms with Crippen molar-refractivity contribution in [3.63, 3.8) is 0 Å². The van der Waals surface area contributed by atoms with Gasteiger partial charge in [0.05, 0.1) is 11.8 Å². The summed E-state index contributed by atoms with van der Waals surface area (Å²) in [4.78, 5) is 43.9. The van der Waals surface area contributed by atoms with Crippen molar-refractivity contribution in [2.75, 3.05) is 6.54 Å². The van der Waals surface area contributed by atoms with Crippen molar-refractivity contribution < 1.29 is 18.8 Å². The number of carbonyl (C=O) groups excluding carboxylic acids is 3. The minimum atomic E-state index is -0.636. The summed E-state index contributed by atoms with van der Waals surface area (Å²) in [6.07, 6.45) is 8.24. The van der Waals surface area contributed by atoms with Crippen LogP contribution < -0.4 is 5.32 Å². The maximum absolute atomic E-state index is 13.4. The molecule has 154 valence electrons. The van der Waals surface area contributed by atoms with Gasteiger partial charge >= 0.3 is 0 Å². The van der Waals surface area contributed by atoms with Crippen LogP contribution in [0, 0.1) is 29.5 Å². The van der Waals surface area contributed by atoms with E-state index in [2.05, 4.69) is 10.3 Å². The van der Waals surface area contributed by atoms with Crippen LogP contribution in [0.2, 0.25) is 0 Å². The molecule has 2 fully saturated rings. The highest BCUT2D eigenvalue weighted by Crippen LogP contribution is 2.52. The molecule has 2 heterocycles. The summed E-state index contributed by atoms with van der Waals surface area (Å²) in [5, 5.41) is 2.86. The standard InChI is InChI=1S/C22H21FN4O3/c1-26-9-8-24-20(26)19(12-4-6-15(23)7-5-12)25-16(28)11-27-21(29)17-13-2-3-14(10-13)18(17)22(27)30/h2-9,13-14,17-19H,10-11H2,1H3,(H,25,28). The van der Waals surface area contributed by atoms with Gasteiger partial charge in [-0.1, -0.05) is 24.3 Å². The Morgan fingerprint density at radius 1 is 1.17 bits per heavy atom. The number of benzene rings is 1. The molecule has 0 spiro atoms. The first-order chi connectivity index (χ1) is 14.4. The number of nitrogens with zero attached hydrogens (tertiary/aromatic N) is 3. The van der Waals surface area contributed by atoms with Crippen molar-refractivity contribution in [2.45, 2.75) is 12.5 Å². The third-order valence-corrected chi connectivity index (χ3v) is 6.49. The summed E-state index contributed by atoms with van der Waals surface area (Å²) in [5.41, 5.74) is 0.650. The molecule has 1 aliphatic heterocycles. The lowest BCUT2D eigenvalue weighted by atomic mass is 9.85. The molecule has 2 bridgehead atoms. The van der Waals surface area contributed by atoms with Gasteiger partial charge in [-0.05, 0) is 36.0 Å². The van der Waals surface area contributed by atoms with Crippen LogP contribution in [-0.4, -0.2) is 38.7 Å². The zero-order valence-electron chi connectivity index (χ0n) is 16.4. The molecule has 1 N–H and O–H groups in total. The van der Waals surface area contributed by atoms with Gasteiger partial charge in [-0.3, -0.25) is 19.3 Å². The van der Waals surface area contributed by atoms with Gasteiger partial charge in [0.25, 0.3) is 0 Å². The predicted molar refractivity (Wildman–Crippen MR) is 104 cm³/mol. The third-order valence-electron chi connectivity index (χ3n) is 6.49. The quantitative estimate of drug-likeness (QED) is 0.601. The van der Waals surface area contributed by atoms with Gasteiger partial charge in [0, 0.05) is 19.4 Å². The first-order valence-corrected chi connectivity index (χ1v) is 9.99. The largest absolute Gasteiger partial charge is 0.341 e. The molecule has 1 aromatic heterocycles. The second kappa shape index (κ2) is 6.90. The second-order valence-electron chi connectivity index (χ2n) is 8.21. The maximum atomic E-state index is 13.4. The molecule has 30 heavy (non-hydrogen) atoms. The minimum absolute atomic E-state index is 0.101. The fourth-order valence-corrected chi connectivity index (χ4v) is 5.08. The van der Waals surface area contributed by atoms with Crippen LogP contribution in [0.3, 0.4) is 0 Å². The number of imide groups is 1. The first-order valence-electron chi connectivity index (χ1n) is 9.99. The number of imidazole rings is 1. The Bertz CT molecular complexity index is 1030. The summed E-state index contributed by atoms with van der Waals surface area (Å²) in [7, 11) is 1.79. The van der Waals surface area contributed by atoms with Gasteiger partial charge in [0.1, 0.15) is 24.2 Å². The maximum Gasteiger partial charge on any atom is 0.241 e. The molecule has 2 aliphatic carbocycles. The van der Waals surface area contributed by atoms with Crippen LogP contribution in [0.15, 0.2) is 48.8 Å². The van der Waals surface area contributed by atoms with E-state index in [0.29, 0.717) is 11.4 Å². The van der Waals surface area contributed by atoms with E-state index in [1.807, 2.05) is 12.2 Å². The number of amides is 3. The molecule has 1 saturated carbocycles. The average Bonchev–Trinajstić information content (AvgIpc) is 3.49. The third kappa shape index (κ3) is 2.86. The second-order valence-corrected chi connectivity index (χ2v) is 8.21. The number of aromatic nitrogens is 2. The van der Waals surface area contributed by atoms with E-state index in [1.54, 1.807) is 36.1 Å². The summed E-state index contributed by atoms with van der Waals surface area (Å²) < 4.78 is 15.1. The lowest BCUT2D eigenvalue weighted by Crippen LogP contribution is -2.43. The van der Waals surface area contributed by atoms with E-state index in [4.69, 9.17) is 0 Å². The van der Waals surface area contributed by atoms with Gasteiger partial charge in [-0.2, -0.15) is 0 Å². The number of fused-ring (bicyclic) bond motifs is 5. The Balaban J connectivity index is 1.35. The number of likely N-dealkylation sites (tertiary alicyclic amines) is 1. The lowest BCUT2D eigenvalue weighted by Gasteiger charge is -2.22. The Labute approximate surface area is 172 Å². The summed E-state index contributed by atoms with van der Waals surface area (Å²) in [5.74, 6) is -1.26. The zero-order chi connectivity index (χ0) is 21.0. The lowest BCUT2D eigenvalue weighted by molar-refractivity contribution is -0.144. The Hall–Kier alpha value is -3.29. The molecule has 5 rings (SSSR count). The van der Waals surface area contributed by atoms with Crippen LogP contribution in [-0.2, 0) is 21.4 Å². The summed E-state index contributed by atoms with van der Waals surface area (Å²) in [6.45, 7) is -0.327. The van der Waals surface area contributed by atoms with Crippen LogP contribution >= 0.6 is 0 Å². The highest BCUT2D eigenvalue weighted by molar-refractivity contribution is 6.08. The van der Waals surface area contributed by atoms with Crippen molar-refractivity contribution in [1.29, 1.82) is 0 Å². The molecule has 7 nitrogen and oxygen atoms in total. The number of hydrogen-bond acceptors (Lipinski definition) is 4. The number of nitrogens with one attached hydrogen (secondary N) is 1. The number of halogens is 1. The predicted octanol–water partition coefficient (Wildman–Crippen LogP) is 1.57. The molecule has 0 radical (unpaired) electrons. The van der Waals surface area contributed by atoms with Gasteiger partial charge in [0.15, 0.2) is 0 Å². The Morgan fingerprint density at radius 2 is 1.80 bits per heavy atom. The molecule has 2 aromatic rings. The molecule has 5 atom stereocenters. The van der Waals surface area contributed by atoms with Crippen LogP contribution in [0.1, 0.15) is 23.9 Å². The van der Waals surface area contributed by atoms with E-state index < -0.39 is 11.9 Å². The number of carbonyl (C=O) groups is 3. The molecular formula is C22H21FN4O3. The van der Waals surface area contributed by atoms with Gasteiger partial charge in [-0.15, -0.1) is 0 Å². The van der Waals surface area contributed by atoms with Crippen molar-refractivity contribution in [3.8, 4) is 0 Å². The number of hydrogen-bond donors (Lipinski definition) is 1. The number of aryl methyl sites for hydroxylation is 1. The Kier molecular flexibility index (Phi) is 4.30. The minimum Gasteiger partial charge on any atom is -0.341 e. The van der Waals surface area contributed by atoms with Gasteiger partial charge in [0.2, 0.25) is 17.7 Å². The van der Waals surface area contributed by atoms with Crippen molar-refractivity contribution in [2.24, 2.45) is 30.7 Å². The SMILES string of the molecule is Cn1ccnc1C(NC(=O)CN1C(=O)C2C3C=CC(C3)C2C1=O)c1ccc(F)cc1. The number of rotatable bonds is 5. The van der Waals surface area contributed by atoms with Crippen molar-refractivity contribution in [3.05, 3.63) is 66.0 Å². The smallest absolute Gasteiger partial charge is 0.241 e.